The molecule has 1 aliphatic rings. The Morgan fingerprint density at radius 2 is 2.10 bits per heavy atom. The van der Waals surface area contributed by atoms with E-state index in [1.165, 1.54) is 48.7 Å². The van der Waals surface area contributed by atoms with Gasteiger partial charge in [0, 0.05) is 11.4 Å². The smallest absolute Gasteiger partial charge is 0.0708 e. The van der Waals surface area contributed by atoms with Crippen LogP contribution in [0.2, 0.25) is 0 Å². The number of fused-ring (bicyclic) bond motifs is 1. The maximum Gasteiger partial charge on any atom is 0.0708 e. The van der Waals surface area contributed by atoms with Crippen molar-refractivity contribution in [3.63, 3.8) is 0 Å². The maximum absolute atomic E-state index is 4.94. The van der Waals surface area contributed by atoms with E-state index in [-0.39, 0.29) is 0 Å². The van der Waals surface area contributed by atoms with Crippen molar-refractivity contribution in [3.05, 3.63) is 41.6 Å². The highest BCUT2D eigenvalue weighted by Crippen LogP contribution is 2.35. The van der Waals surface area contributed by atoms with Gasteiger partial charge in [-0.2, -0.15) is 0 Å². The van der Waals surface area contributed by atoms with Crippen LogP contribution >= 0.6 is 0 Å². The van der Waals surface area contributed by atoms with Gasteiger partial charge >= 0.3 is 0 Å². The van der Waals surface area contributed by atoms with Gasteiger partial charge in [-0.1, -0.05) is 44.4 Å². The van der Waals surface area contributed by atoms with Crippen LogP contribution in [0.3, 0.4) is 0 Å². The van der Waals surface area contributed by atoms with Gasteiger partial charge in [0.15, 0.2) is 0 Å². The van der Waals surface area contributed by atoms with E-state index in [0.29, 0.717) is 6.04 Å². The molecule has 1 N–H and O–H groups in total. The summed E-state index contributed by atoms with van der Waals surface area (Å²) in [5.74, 6) is 0.896. The van der Waals surface area contributed by atoms with Gasteiger partial charge in [0.2, 0.25) is 0 Å². The van der Waals surface area contributed by atoms with Crippen molar-refractivity contribution in [3.8, 4) is 0 Å². The summed E-state index contributed by atoms with van der Waals surface area (Å²) in [7, 11) is 0. The molecule has 1 aromatic heterocycles. The van der Waals surface area contributed by atoms with Gasteiger partial charge in [-0.05, 0) is 49.9 Å². The Morgan fingerprint density at radius 1 is 1.29 bits per heavy atom. The fourth-order valence-electron chi connectivity index (χ4n) is 3.24. The number of hydrogen-bond acceptors (Lipinski definition) is 2. The van der Waals surface area contributed by atoms with Crippen LogP contribution in [0.25, 0.3) is 10.9 Å². The lowest BCUT2D eigenvalue weighted by Gasteiger charge is -2.30. The number of aromatic nitrogens is 1. The number of hydrogen-bond donors (Lipinski definition) is 1. The quantitative estimate of drug-likeness (QED) is 0.825. The number of rotatable bonds is 6. The van der Waals surface area contributed by atoms with Crippen LogP contribution in [0.1, 0.15) is 56.3 Å². The summed E-state index contributed by atoms with van der Waals surface area (Å²) < 4.78 is 0. The molecule has 1 heterocycles. The van der Waals surface area contributed by atoms with Crippen molar-refractivity contribution in [2.45, 2.75) is 52.0 Å². The molecule has 2 heteroatoms. The minimum atomic E-state index is 0.415. The molecular weight excluding hydrogens is 256 g/mol. The molecule has 0 aliphatic heterocycles. The molecule has 1 aliphatic carbocycles. The maximum atomic E-state index is 4.94. The van der Waals surface area contributed by atoms with Crippen molar-refractivity contribution in [2.75, 3.05) is 6.54 Å². The topological polar surface area (TPSA) is 24.9 Å². The molecule has 2 nitrogen and oxygen atoms in total. The van der Waals surface area contributed by atoms with Crippen LogP contribution in [0.15, 0.2) is 30.3 Å². The van der Waals surface area contributed by atoms with E-state index >= 15 is 0 Å². The Hall–Kier alpha value is -1.41. The number of para-hydroxylation sites is 1. The largest absolute Gasteiger partial charge is 0.309 e. The molecule has 1 aromatic carbocycles. The first-order valence-corrected chi connectivity index (χ1v) is 8.37. The Labute approximate surface area is 128 Å². The van der Waals surface area contributed by atoms with Crippen molar-refractivity contribution in [1.82, 2.24) is 10.3 Å². The number of aryl methyl sites for hydroxylation is 1. The highest BCUT2D eigenvalue weighted by Gasteiger charge is 2.23. The standard InChI is InChI=1S/C19H26N2/c1-3-11-20-18(13-15-7-6-8-15)19-12-14(2)16-9-4-5-10-17(16)21-19/h4-5,9-10,12,15,18,20H,3,6-8,11,13H2,1-2H3. The van der Waals surface area contributed by atoms with E-state index < -0.39 is 0 Å². The summed E-state index contributed by atoms with van der Waals surface area (Å²) in [6.45, 7) is 5.51. The molecule has 0 spiro atoms. The molecule has 112 valence electrons. The van der Waals surface area contributed by atoms with Crippen LogP contribution < -0.4 is 5.32 Å². The number of nitrogens with zero attached hydrogens (tertiary/aromatic N) is 1. The molecule has 0 bridgehead atoms. The van der Waals surface area contributed by atoms with Crippen LogP contribution in [-0.2, 0) is 0 Å². The Balaban J connectivity index is 1.89. The molecule has 21 heavy (non-hydrogen) atoms. The van der Waals surface area contributed by atoms with Gasteiger partial charge in [-0.15, -0.1) is 0 Å². The molecule has 1 fully saturated rings. The second kappa shape index (κ2) is 6.57. The van der Waals surface area contributed by atoms with Crippen molar-refractivity contribution in [1.29, 1.82) is 0 Å². The summed E-state index contributed by atoms with van der Waals surface area (Å²) in [5.41, 5.74) is 3.70. The minimum Gasteiger partial charge on any atom is -0.309 e. The third kappa shape index (κ3) is 3.26. The summed E-state index contributed by atoms with van der Waals surface area (Å²) in [4.78, 5) is 4.94. The lowest BCUT2D eigenvalue weighted by atomic mass is 9.80. The Morgan fingerprint density at radius 3 is 2.81 bits per heavy atom. The molecule has 0 radical (unpaired) electrons. The average Bonchev–Trinajstić information content (AvgIpc) is 2.45. The zero-order valence-corrected chi connectivity index (χ0v) is 13.2. The van der Waals surface area contributed by atoms with E-state index in [1.807, 2.05) is 0 Å². The molecule has 1 unspecified atom stereocenters. The Kier molecular flexibility index (Phi) is 4.54. The van der Waals surface area contributed by atoms with Crippen molar-refractivity contribution < 1.29 is 0 Å². The fourth-order valence-corrected chi connectivity index (χ4v) is 3.24. The Bertz CT molecular complexity index is 602. The van der Waals surface area contributed by atoms with E-state index in [1.54, 1.807) is 0 Å². The van der Waals surface area contributed by atoms with Crippen LogP contribution in [0.4, 0.5) is 0 Å². The second-order valence-electron chi connectivity index (χ2n) is 6.42. The SMILES string of the molecule is CCCNC(CC1CCC1)c1cc(C)c2ccccc2n1. The zero-order valence-electron chi connectivity index (χ0n) is 13.2. The van der Waals surface area contributed by atoms with Crippen molar-refractivity contribution >= 4 is 10.9 Å². The van der Waals surface area contributed by atoms with Crippen molar-refractivity contribution in [2.24, 2.45) is 5.92 Å². The molecule has 2 aromatic rings. The first kappa shape index (κ1) is 14.5. The molecule has 0 amide bonds. The zero-order chi connectivity index (χ0) is 14.7. The molecule has 0 saturated heterocycles. The van der Waals surface area contributed by atoms with Crippen LogP contribution in [0.5, 0.6) is 0 Å². The van der Waals surface area contributed by atoms with E-state index in [4.69, 9.17) is 4.98 Å². The number of pyridine rings is 1. The number of benzene rings is 1. The van der Waals surface area contributed by atoms with E-state index in [0.717, 1.165) is 18.0 Å². The fraction of sp³-hybridized carbons (Fsp3) is 0.526. The third-order valence-electron chi connectivity index (χ3n) is 4.73. The minimum absolute atomic E-state index is 0.415. The first-order valence-electron chi connectivity index (χ1n) is 8.37. The normalized spacial score (nSPS) is 16.9. The first-order chi connectivity index (χ1) is 10.3. The molecule has 3 rings (SSSR count). The van der Waals surface area contributed by atoms with E-state index in [9.17, 15) is 0 Å². The monoisotopic (exact) mass is 282 g/mol. The van der Waals surface area contributed by atoms with Gasteiger partial charge < -0.3 is 5.32 Å². The third-order valence-corrected chi connectivity index (χ3v) is 4.73. The van der Waals surface area contributed by atoms with Gasteiger partial charge in [0.05, 0.1) is 11.2 Å². The summed E-state index contributed by atoms with van der Waals surface area (Å²) in [6, 6.07) is 11.2. The molecule has 1 saturated carbocycles. The van der Waals surface area contributed by atoms with Gasteiger partial charge in [-0.25, -0.2) is 0 Å². The van der Waals surface area contributed by atoms with Crippen LogP contribution in [-0.4, -0.2) is 11.5 Å². The van der Waals surface area contributed by atoms with Gasteiger partial charge in [0.25, 0.3) is 0 Å². The second-order valence-corrected chi connectivity index (χ2v) is 6.42. The molecular formula is C19H26N2. The summed E-state index contributed by atoms with van der Waals surface area (Å²) in [5, 5.41) is 4.99. The van der Waals surface area contributed by atoms with Gasteiger partial charge in [0.1, 0.15) is 0 Å². The van der Waals surface area contributed by atoms with E-state index in [2.05, 4.69) is 49.5 Å². The predicted octanol–water partition coefficient (Wildman–Crippen LogP) is 4.77. The average molecular weight is 282 g/mol. The molecule has 1 atom stereocenters. The lowest BCUT2D eigenvalue weighted by Crippen LogP contribution is -2.27. The lowest BCUT2D eigenvalue weighted by molar-refractivity contribution is 0.259. The summed E-state index contributed by atoms with van der Waals surface area (Å²) in [6.07, 6.45) is 6.63. The highest BCUT2D eigenvalue weighted by molar-refractivity contribution is 5.82. The predicted molar refractivity (Wildman–Crippen MR) is 89.5 cm³/mol. The summed E-state index contributed by atoms with van der Waals surface area (Å²) >= 11 is 0. The highest BCUT2D eigenvalue weighted by atomic mass is 14.9. The number of nitrogens with one attached hydrogen (secondary N) is 1. The van der Waals surface area contributed by atoms with Crippen LogP contribution in [0, 0.1) is 12.8 Å². The van der Waals surface area contributed by atoms with Gasteiger partial charge in [-0.3, -0.25) is 4.98 Å².